The van der Waals surface area contributed by atoms with Crippen molar-refractivity contribution in [3.05, 3.63) is 48.0 Å². The summed E-state index contributed by atoms with van der Waals surface area (Å²) in [4.78, 5) is 10.1. The van der Waals surface area contributed by atoms with Gasteiger partial charge in [0, 0.05) is 38.2 Å². The molecule has 0 bridgehead atoms. The number of hydrogen-bond donors (Lipinski definition) is 1. The first-order valence-corrected chi connectivity index (χ1v) is 8.18. The van der Waals surface area contributed by atoms with Gasteiger partial charge in [-0.15, -0.1) is 0 Å². The zero-order chi connectivity index (χ0) is 16.2. The van der Waals surface area contributed by atoms with E-state index >= 15 is 0 Å². The number of methoxy groups -OCH3 is 1. The standard InChI is InChI=1S/C18H25N3O2/c1-13(2)23-17-7-5-4-6-14(17)11-21-12-15(22-3)10-16(21)18-19-8-9-20-18/h4-9,13,15-16H,10-12H2,1-3H3,(H,19,20)/t15-,16?/m1/s1. The molecule has 2 atom stereocenters. The number of H-pyrrole nitrogens is 1. The van der Waals surface area contributed by atoms with Crippen LogP contribution in [0.4, 0.5) is 0 Å². The van der Waals surface area contributed by atoms with Crippen molar-refractivity contribution in [3.8, 4) is 5.75 Å². The number of aromatic amines is 1. The fourth-order valence-corrected chi connectivity index (χ4v) is 3.17. The molecule has 2 heterocycles. The minimum atomic E-state index is 0.169. The van der Waals surface area contributed by atoms with E-state index in [1.807, 2.05) is 24.5 Å². The fraction of sp³-hybridized carbons (Fsp3) is 0.500. The van der Waals surface area contributed by atoms with Crippen molar-refractivity contribution in [2.75, 3.05) is 13.7 Å². The van der Waals surface area contributed by atoms with E-state index in [1.54, 1.807) is 7.11 Å². The van der Waals surface area contributed by atoms with E-state index in [2.05, 4.69) is 40.8 Å². The topological polar surface area (TPSA) is 50.4 Å². The van der Waals surface area contributed by atoms with Crippen molar-refractivity contribution >= 4 is 0 Å². The van der Waals surface area contributed by atoms with Crippen molar-refractivity contribution in [3.63, 3.8) is 0 Å². The molecule has 1 aliphatic heterocycles. The van der Waals surface area contributed by atoms with Crippen molar-refractivity contribution < 1.29 is 9.47 Å². The molecule has 1 unspecified atom stereocenters. The Morgan fingerprint density at radius 1 is 1.35 bits per heavy atom. The average Bonchev–Trinajstić information content (AvgIpc) is 3.17. The number of imidazole rings is 1. The van der Waals surface area contributed by atoms with Gasteiger partial charge in [-0.25, -0.2) is 4.98 Å². The number of nitrogens with zero attached hydrogens (tertiary/aromatic N) is 2. The number of aromatic nitrogens is 2. The Morgan fingerprint density at radius 2 is 2.17 bits per heavy atom. The number of nitrogens with one attached hydrogen (secondary N) is 1. The van der Waals surface area contributed by atoms with E-state index in [-0.39, 0.29) is 18.2 Å². The quantitative estimate of drug-likeness (QED) is 0.889. The van der Waals surface area contributed by atoms with Gasteiger partial charge in [-0.2, -0.15) is 0 Å². The van der Waals surface area contributed by atoms with Crippen LogP contribution in [0.3, 0.4) is 0 Å². The molecule has 0 radical (unpaired) electrons. The summed E-state index contributed by atoms with van der Waals surface area (Å²) in [6.45, 7) is 5.84. The molecule has 2 aromatic rings. The third-order valence-corrected chi connectivity index (χ3v) is 4.24. The Kier molecular flexibility index (Phi) is 4.98. The lowest BCUT2D eigenvalue weighted by molar-refractivity contribution is 0.107. The first kappa shape index (κ1) is 16.0. The number of rotatable bonds is 6. The molecule has 1 N–H and O–H groups in total. The third-order valence-electron chi connectivity index (χ3n) is 4.24. The number of ether oxygens (including phenoxy) is 2. The number of para-hydroxylation sites is 1. The molecule has 0 amide bonds. The molecule has 0 saturated carbocycles. The van der Waals surface area contributed by atoms with Crippen molar-refractivity contribution in [1.29, 1.82) is 0 Å². The molecule has 1 aromatic heterocycles. The first-order valence-electron chi connectivity index (χ1n) is 8.18. The van der Waals surface area contributed by atoms with Gasteiger partial charge in [-0.3, -0.25) is 4.90 Å². The van der Waals surface area contributed by atoms with Crippen LogP contribution in [0.25, 0.3) is 0 Å². The summed E-state index contributed by atoms with van der Waals surface area (Å²) < 4.78 is 11.5. The van der Waals surface area contributed by atoms with Gasteiger partial charge in [0.1, 0.15) is 11.6 Å². The minimum Gasteiger partial charge on any atom is -0.491 e. The van der Waals surface area contributed by atoms with E-state index in [1.165, 1.54) is 5.56 Å². The van der Waals surface area contributed by atoms with Gasteiger partial charge in [-0.1, -0.05) is 18.2 Å². The number of likely N-dealkylation sites (tertiary alicyclic amines) is 1. The lowest BCUT2D eigenvalue weighted by atomic mass is 10.1. The maximum absolute atomic E-state index is 5.95. The first-order chi connectivity index (χ1) is 11.2. The van der Waals surface area contributed by atoms with Crippen LogP contribution in [-0.2, 0) is 11.3 Å². The molecule has 3 rings (SSSR count). The van der Waals surface area contributed by atoms with Gasteiger partial charge in [0.15, 0.2) is 0 Å². The second-order valence-corrected chi connectivity index (χ2v) is 6.29. The maximum atomic E-state index is 5.95. The van der Waals surface area contributed by atoms with E-state index in [9.17, 15) is 0 Å². The van der Waals surface area contributed by atoms with Crippen LogP contribution in [0.1, 0.15) is 37.7 Å². The third kappa shape index (κ3) is 3.74. The Labute approximate surface area is 137 Å². The van der Waals surface area contributed by atoms with E-state index in [0.29, 0.717) is 0 Å². The summed E-state index contributed by atoms with van der Waals surface area (Å²) in [7, 11) is 1.78. The zero-order valence-corrected chi connectivity index (χ0v) is 14.0. The summed E-state index contributed by atoms with van der Waals surface area (Å²) in [6.07, 6.45) is 5.05. The molecular weight excluding hydrogens is 290 g/mol. The highest BCUT2D eigenvalue weighted by molar-refractivity contribution is 5.33. The predicted octanol–water partition coefficient (Wildman–Crippen LogP) is 3.16. The van der Waals surface area contributed by atoms with Gasteiger partial charge in [0.25, 0.3) is 0 Å². The van der Waals surface area contributed by atoms with Gasteiger partial charge < -0.3 is 14.5 Å². The Morgan fingerprint density at radius 3 is 2.87 bits per heavy atom. The molecule has 0 aliphatic carbocycles. The SMILES string of the molecule is CO[C@@H]1CC(c2ncc[nH]2)N(Cc2ccccc2OC(C)C)C1. The van der Waals surface area contributed by atoms with E-state index in [4.69, 9.17) is 9.47 Å². The average molecular weight is 315 g/mol. The highest BCUT2D eigenvalue weighted by atomic mass is 16.5. The second-order valence-electron chi connectivity index (χ2n) is 6.29. The normalized spacial score (nSPS) is 21.9. The highest BCUT2D eigenvalue weighted by Gasteiger charge is 2.35. The van der Waals surface area contributed by atoms with Crippen LogP contribution >= 0.6 is 0 Å². The van der Waals surface area contributed by atoms with Crippen LogP contribution in [0.15, 0.2) is 36.7 Å². The maximum Gasteiger partial charge on any atom is 0.124 e. The molecule has 124 valence electrons. The predicted molar refractivity (Wildman–Crippen MR) is 89.4 cm³/mol. The largest absolute Gasteiger partial charge is 0.491 e. The summed E-state index contributed by atoms with van der Waals surface area (Å²) in [5.74, 6) is 1.97. The lowest BCUT2D eigenvalue weighted by Gasteiger charge is -2.24. The lowest BCUT2D eigenvalue weighted by Crippen LogP contribution is -2.25. The molecule has 1 aromatic carbocycles. The number of hydrogen-bond acceptors (Lipinski definition) is 4. The molecule has 5 nitrogen and oxygen atoms in total. The van der Waals surface area contributed by atoms with Gasteiger partial charge in [0.2, 0.25) is 0 Å². The van der Waals surface area contributed by atoms with Crippen LogP contribution in [-0.4, -0.2) is 40.7 Å². The molecule has 1 aliphatic rings. The minimum absolute atomic E-state index is 0.169. The zero-order valence-electron chi connectivity index (χ0n) is 14.0. The summed E-state index contributed by atoms with van der Waals surface area (Å²) in [6, 6.07) is 8.52. The number of benzene rings is 1. The summed E-state index contributed by atoms with van der Waals surface area (Å²) >= 11 is 0. The molecule has 1 fully saturated rings. The summed E-state index contributed by atoms with van der Waals surface area (Å²) in [5, 5.41) is 0. The van der Waals surface area contributed by atoms with Gasteiger partial charge in [-0.05, 0) is 26.3 Å². The molecular formula is C18H25N3O2. The van der Waals surface area contributed by atoms with Crippen molar-refractivity contribution in [2.45, 2.75) is 45.1 Å². The van der Waals surface area contributed by atoms with Crippen LogP contribution in [0, 0.1) is 0 Å². The van der Waals surface area contributed by atoms with Crippen LogP contribution in [0.2, 0.25) is 0 Å². The molecule has 23 heavy (non-hydrogen) atoms. The van der Waals surface area contributed by atoms with Crippen LogP contribution < -0.4 is 4.74 Å². The monoisotopic (exact) mass is 315 g/mol. The summed E-state index contributed by atoms with van der Waals surface area (Å²) in [5.41, 5.74) is 1.20. The van der Waals surface area contributed by atoms with E-state index in [0.717, 1.165) is 31.1 Å². The Hall–Kier alpha value is -1.85. The molecule has 0 spiro atoms. The van der Waals surface area contributed by atoms with E-state index < -0.39 is 0 Å². The van der Waals surface area contributed by atoms with Gasteiger partial charge in [0.05, 0.1) is 18.2 Å². The molecule has 1 saturated heterocycles. The Bertz CT molecular complexity index is 612. The fourth-order valence-electron chi connectivity index (χ4n) is 3.17. The van der Waals surface area contributed by atoms with Crippen molar-refractivity contribution in [1.82, 2.24) is 14.9 Å². The van der Waals surface area contributed by atoms with Crippen LogP contribution in [0.5, 0.6) is 5.75 Å². The smallest absolute Gasteiger partial charge is 0.124 e. The van der Waals surface area contributed by atoms with Gasteiger partial charge >= 0.3 is 0 Å². The molecule has 5 heteroatoms. The highest BCUT2D eigenvalue weighted by Crippen LogP contribution is 2.34. The Balaban J connectivity index is 1.80. The van der Waals surface area contributed by atoms with Crippen molar-refractivity contribution in [2.24, 2.45) is 0 Å². The second kappa shape index (κ2) is 7.15.